The Morgan fingerprint density at radius 1 is 1.06 bits per heavy atom. The zero-order valence-corrected chi connectivity index (χ0v) is 11.4. The molecule has 1 aromatic carbocycles. The van der Waals surface area contributed by atoms with Gasteiger partial charge in [0.05, 0.1) is 0 Å². The van der Waals surface area contributed by atoms with Crippen LogP contribution in [0.1, 0.15) is 38.3 Å². The molecule has 0 aliphatic carbocycles. The van der Waals surface area contributed by atoms with Gasteiger partial charge in [-0.15, -0.1) is 0 Å². The van der Waals surface area contributed by atoms with Crippen LogP contribution in [0.15, 0.2) is 24.3 Å². The van der Waals surface area contributed by atoms with Gasteiger partial charge in [-0.1, -0.05) is 37.6 Å². The van der Waals surface area contributed by atoms with Crippen molar-refractivity contribution in [2.75, 3.05) is 13.1 Å². The normalized spacial score (nSPS) is 11.8. The van der Waals surface area contributed by atoms with E-state index in [1.807, 2.05) is 13.8 Å². The highest BCUT2D eigenvalue weighted by Gasteiger charge is 2.08. The first-order valence-electron chi connectivity index (χ1n) is 6.58. The number of hydrogen-bond donors (Lipinski definition) is 2. The molecule has 17 heavy (non-hydrogen) atoms. The van der Waals surface area contributed by atoms with Crippen LogP contribution in [0.5, 0.6) is 0 Å². The van der Waals surface area contributed by atoms with Gasteiger partial charge < -0.3 is 11.1 Å². The maximum atomic E-state index is 5.91. The van der Waals surface area contributed by atoms with E-state index in [1.165, 1.54) is 24.0 Å². The van der Waals surface area contributed by atoms with Crippen molar-refractivity contribution in [1.82, 2.24) is 5.32 Å². The summed E-state index contributed by atoms with van der Waals surface area (Å²) < 4.78 is 0. The van der Waals surface area contributed by atoms with Crippen LogP contribution in [0.3, 0.4) is 0 Å². The molecule has 0 atom stereocenters. The third kappa shape index (κ3) is 6.44. The van der Waals surface area contributed by atoms with E-state index in [0.717, 1.165) is 19.5 Å². The van der Waals surface area contributed by atoms with Gasteiger partial charge in [0.2, 0.25) is 0 Å². The van der Waals surface area contributed by atoms with Crippen molar-refractivity contribution in [3.8, 4) is 0 Å². The van der Waals surface area contributed by atoms with Crippen molar-refractivity contribution in [3.05, 3.63) is 35.4 Å². The fraction of sp³-hybridized carbons (Fsp3) is 0.600. The lowest BCUT2D eigenvalue weighted by molar-refractivity contribution is 0.469. The second-order valence-electron chi connectivity index (χ2n) is 5.48. The molecule has 0 saturated heterocycles. The average molecular weight is 234 g/mol. The van der Waals surface area contributed by atoms with E-state index in [0.29, 0.717) is 0 Å². The molecule has 0 radical (unpaired) electrons. The number of rotatable bonds is 7. The van der Waals surface area contributed by atoms with Gasteiger partial charge >= 0.3 is 0 Å². The Kier molecular flexibility index (Phi) is 5.66. The van der Waals surface area contributed by atoms with Gasteiger partial charge in [0.25, 0.3) is 0 Å². The maximum Gasteiger partial charge on any atom is 0.0223 e. The summed E-state index contributed by atoms with van der Waals surface area (Å²) in [7, 11) is 0. The van der Waals surface area contributed by atoms with Crippen LogP contribution in [0.25, 0.3) is 0 Å². The monoisotopic (exact) mass is 234 g/mol. The third-order valence-corrected chi connectivity index (χ3v) is 2.73. The molecular formula is C15H26N2. The summed E-state index contributed by atoms with van der Waals surface area (Å²) in [4.78, 5) is 0. The standard InChI is InChI=1S/C15H26N2/c1-4-5-13-6-8-14(9-7-13)10-11-17-12-15(2,3)16/h6-9,17H,4-5,10-12,16H2,1-3H3. The molecule has 0 spiro atoms. The van der Waals surface area contributed by atoms with Crippen molar-refractivity contribution in [2.45, 2.75) is 45.6 Å². The first-order chi connectivity index (χ1) is 8.01. The highest BCUT2D eigenvalue weighted by atomic mass is 14.9. The van der Waals surface area contributed by atoms with Crippen LogP contribution in [-0.4, -0.2) is 18.6 Å². The zero-order chi connectivity index (χ0) is 12.7. The number of benzene rings is 1. The molecule has 0 unspecified atom stereocenters. The summed E-state index contributed by atoms with van der Waals surface area (Å²) in [5, 5.41) is 3.39. The summed E-state index contributed by atoms with van der Waals surface area (Å²) in [5.41, 5.74) is 8.62. The summed E-state index contributed by atoms with van der Waals surface area (Å²) in [6, 6.07) is 8.96. The van der Waals surface area contributed by atoms with Gasteiger partial charge in [-0.2, -0.15) is 0 Å². The Labute approximate surface area is 106 Å². The Bertz CT molecular complexity index is 309. The van der Waals surface area contributed by atoms with E-state index < -0.39 is 0 Å². The van der Waals surface area contributed by atoms with Gasteiger partial charge in [-0.05, 0) is 44.4 Å². The minimum Gasteiger partial charge on any atom is -0.324 e. The van der Waals surface area contributed by atoms with E-state index in [4.69, 9.17) is 5.73 Å². The van der Waals surface area contributed by atoms with Gasteiger partial charge in [0.1, 0.15) is 0 Å². The largest absolute Gasteiger partial charge is 0.324 e. The smallest absolute Gasteiger partial charge is 0.0223 e. The van der Waals surface area contributed by atoms with Crippen LogP contribution < -0.4 is 11.1 Å². The first kappa shape index (κ1) is 14.2. The zero-order valence-electron chi connectivity index (χ0n) is 11.4. The molecule has 0 bridgehead atoms. The Morgan fingerprint density at radius 2 is 1.59 bits per heavy atom. The second-order valence-corrected chi connectivity index (χ2v) is 5.48. The molecule has 2 heteroatoms. The molecule has 0 aromatic heterocycles. The quantitative estimate of drug-likeness (QED) is 0.711. The van der Waals surface area contributed by atoms with Crippen LogP contribution in [-0.2, 0) is 12.8 Å². The number of aryl methyl sites for hydroxylation is 1. The fourth-order valence-corrected chi connectivity index (χ4v) is 1.80. The summed E-state index contributed by atoms with van der Waals surface area (Å²) >= 11 is 0. The summed E-state index contributed by atoms with van der Waals surface area (Å²) in [6.07, 6.45) is 3.47. The lowest BCUT2D eigenvalue weighted by Gasteiger charge is -2.18. The van der Waals surface area contributed by atoms with Gasteiger partial charge in [-0.3, -0.25) is 0 Å². The molecule has 2 nitrogen and oxygen atoms in total. The molecule has 0 fully saturated rings. The Morgan fingerprint density at radius 3 is 2.06 bits per heavy atom. The minimum atomic E-state index is -0.120. The highest BCUT2D eigenvalue weighted by molar-refractivity contribution is 5.22. The SMILES string of the molecule is CCCc1ccc(CCNCC(C)(C)N)cc1. The van der Waals surface area contributed by atoms with E-state index in [2.05, 4.69) is 36.5 Å². The topological polar surface area (TPSA) is 38.0 Å². The molecular weight excluding hydrogens is 208 g/mol. The molecule has 0 aliphatic heterocycles. The van der Waals surface area contributed by atoms with E-state index in [-0.39, 0.29) is 5.54 Å². The van der Waals surface area contributed by atoms with Crippen molar-refractivity contribution in [2.24, 2.45) is 5.73 Å². The van der Waals surface area contributed by atoms with Gasteiger partial charge in [0, 0.05) is 12.1 Å². The molecule has 1 rings (SSSR count). The van der Waals surface area contributed by atoms with Gasteiger partial charge in [0.15, 0.2) is 0 Å². The molecule has 0 heterocycles. The van der Waals surface area contributed by atoms with Crippen LogP contribution in [0.4, 0.5) is 0 Å². The molecule has 1 aromatic rings. The Balaban J connectivity index is 2.27. The maximum absolute atomic E-state index is 5.91. The minimum absolute atomic E-state index is 0.120. The van der Waals surface area contributed by atoms with Crippen LogP contribution in [0, 0.1) is 0 Å². The lowest BCUT2D eigenvalue weighted by atomic mass is 10.1. The number of nitrogens with one attached hydrogen (secondary N) is 1. The summed E-state index contributed by atoms with van der Waals surface area (Å²) in [6.45, 7) is 8.15. The van der Waals surface area contributed by atoms with E-state index in [9.17, 15) is 0 Å². The van der Waals surface area contributed by atoms with Crippen LogP contribution >= 0.6 is 0 Å². The first-order valence-corrected chi connectivity index (χ1v) is 6.58. The van der Waals surface area contributed by atoms with Crippen molar-refractivity contribution >= 4 is 0 Å². The van der Waals surface area contributed by atoms with Crippen molar-refractivity contribution < 1.29 is 0 Å². The lowest BCUT2D eigenvalue weighted by Crippen LogP contribution is -2.43. The molecule has 96 valence electrons. The Hall–Kier alpha value is -0.860. The molecule has 0 saturated carbocycles. The van der Waals surface area contributed by atoms with Crippen molar-refractivity contribution in [1.29, 1.82) is 0 Å². The average Bonchev–Trinajstić information content (AvgIpc) is 2.26. The number of nitrogens with two attached hydrogens (primary N) is 1. The summed E-state index contributed by atoms with van der Waals surface area (Å²) in [5.74, 6) is 0. The third-order valence-electron chi connectivity index (χ3n) is 2.73. The van der Waals surface area contributed by atoms with Crippen LogP contribution in [0.2, 0.25) is 0 Å². The highest BCUT2D eigenvalue weighted by Crippen LogP contribution is 2.07. The molecule has 3 N–H and O–H groups in total. The molecule has 0 amide bonds. The van der Waals surface area contributed by atoms with Crippen molar-refractivity contribution in [3.63, 3.8) is 0 Å². The van der Waals surface area contributed by atoms with E-state index in [1.54, 1.807) is 0 Å². The van der Waals surface area contributed by atoms with Gasteiger partial charge in [-0.25, -0.2) is 0 Å². The van der Waals surface area contributed by atoms with E-state index >= 15 is 0 Å². The predicted octanol–water partition coefficient (Wildman–Crippen LogP) is 2.51. The second kappa shape index (κ2) is 6.77. The predicted molar refractivity (Wildman–Crippen MR) is 75.3 cm³/mol. The fourth-order valence-electron chi connectivity index (χ4n) is 1.80. The number of hydrogen-bond acceptors (Lipinski definition) is 2. The molecule has 0 aliphatic rings.